The van der Waals surface area contributed by atoms with Crippen LogP contribution in [0.1, 0.15) is 35.8 Å². The molecule has 0 atom stereocenters. The molecule has 0 unspecified atom stereocenters. The van der Waals surface area contributed by atoms with E-state index in [0.29, 0.717) is 40.5 Å². The third kappa shape index (κ3) is 3.72. The summed E-state index contributed by atoms with van der Waals surface area (Å²) in [6.45, 7) is 2.64. The summed E-state index contributed by atoms with van der Waals surface area (Å²) in [5.74, 6) is 1.43. The molecule has 5 heteroatoms. The van der Waals surface area contributed by atoms with Crippen molar-refractivity contribution in [1.29, 1.82) is 0 Å². The van der Waals surface area contributed by atoms with Crippen molar-refractivity contribution in [3.05, 3.63) is 59.9 Å². The van der Waals surface area contributed by atoms with Crippen molar-refractivity contribution in [3.63, 3.8) is 0 Å². The number of unbranched alkanes of at least 4 members (excludes halogenated alkanes) is 1. The number of para-hydroxylation sites is 1. The van der Waals surface area contributed by atoms with Crippen LogP contribution in [0.4, 0.5) is 0 Å². The van der Waals surface area contributed by atoms with E-state index in [1.165, 1.54) is 0 Å². The van der Waals surface area contributed by atoms with Gasteiger partial charge in [0.2, 0.25) is 5.78 Å². The maximum atomic E-state index is 13.3. The number of aromatic nitrogens is 1. The first-order valence-corrected chi connectivity index (χ1v) is 8.97. The second kappa shape index (κ2) is 8.54. The molecule has 1 heterocycles. The number of ether oxygens (including phenoxy) is 3. The third-order valence-corrected chi connectivity index (χ3v) is 4.38. The maximum absolute atomic E-state index is 13.3. The van der Waals surface area contributed by atoms with Crippen LogP contribution >= 0.6 is 0 Å². The van der Waals surface area contributed by atoms with Gasteiger partial charge in [0, 0.05) is 6.20 Å². The minimum atomic E-state index is -0.216. The summed E-state index contributed by atoms with van der Waals surface area (Å²) >= 11 is 0. The Hall–Kier alpha value is -3.08. The van der Waals surface area contributed by atoms with Crippen LogP contribution < -0.4 is 14.2 Å². The number of hydrogen-bond acceptors (Lipinski definition) is 5. The fourth-order valence-corrected chi connectivity index (χ4v) is 2.97. The van der Waals surface area contributed by atoms with Crippen LogP contribution in [-0.4, -0.2) is 31.6 Å². The predicted molar refractivity (Wildman–Crippen MR) is 105 cm³/mol. The standard InChI is InChI=1S/C22H23NO4/c1-4-5-14-27-22-18(26-3)11-10-15-12-13-23-20(19(15)22)21(24)16-8-6-7-9-17(16)25-2/h6-13H,4-5,14H2,1-3H3. The summed E-state index contributed by atoms with van der Waals surface area (Å²) in [5.41, 5.74) is 0.782. The van der Waals surface area contributed by atoms with Crippen LogP contribution in [0, 0.1) is 0 Å². The average molecular weight is 365 g/mol. The Morgan fingerprint density at radius 3 is 2.52 bits per heavy atom. The number of benzene rings is 2. The van der Waals surface area contributed by atoms with Crippen LogP contribution in [0.15, 0.2) is 48.7 Å². The monoisotopic (exact) mass is 365 g/mol. The van der Waals surface area contributed by atoms with E-state index < -0.39 is 0 Å². The minimum absolute atomic E-state index is 0.216. The minimum Gasteiger partial charge on any atom is -0.496 e. The number of methoxy groups -OCH3 is 2. The quantitative estimate of drug-likeness (QED) is 0.429. The maximum Gasteiger partial charge on any atom is 0.215 e. The molecule has 27 heavy (non-hydrogen) atoms. The number of carbonyl (C=O) groups is 1. The fraction of sp³-hybridized carbons (Fsp3) is 0.273. The predicted octanol–water partition coefficient (Wildman–Crippen LogP) is 4.66. The lowest BCUT2D eigenvalue weighted by Gasteiger charge is -2.15. The van der Waals surface area contributed by atoms with Crippen LogP contribution in [0.5, 0.6) is 17.2 Å². The Bertz CT molecular complexity index is 952. The third-order valence-electron chi connectivity index (χ3n) is 4.38. The summed E-state index contributed by atoms with van der Waals surface area (Å²) in [4.78, 5) is 17.7. The molecule has 1 aromatic heterocycles. The van der Waals surface area contributed by atoms with Crippen LogP contribution in [0.2, 0.25) is 0 Å². The summed E-state index contributed by atoms with van der Waals surface area (Å²) in [6.07, 6.45) is 3.56. The molecule has 5 nitrogen and oxygen atoms in total. The van der Waals surface area contributed by atoms with Gasteiger partial charge in [-0.05, 0) is 36.1 Å². The molecule has 140 valence electrons. The van der Waals surface area contributed by atoms with Crippen molar-refractivity contribution < 1.29 is 19.0 Å². The summed E-state index contributed by atoms with van der Waals surface area (Å²) in [7, 11) is 3.14. The van der Waals surface area contributed by atoms with Gasteiger partial charge in [-0.25, -0.2) is 0 Å². The van der Waals surface area contributed by atoms with E-state index in [9.17, 15) is 4.79 Å². The molecule has 0 aliphatic heterocycles. The number of fused-ring (bicyclic) bond motifs is 1. The highest BCUT2D eigenvalue weighted by molar-refractivity contribution is 6.17. The van der Waals surface area contributed by atoms with E-state index in [4.69, 9.17) is 14.2 Å². The number of hydrogen-bond donors (Lipinski definition) is 0. The molecular formula is C22H23NO4. The zero-order valence-corrected chi connectivity index (χ0v) is 15.8. The van der Waals surface area contributed by atoms with Gasteiger partial charge in [-0.2, -0.15) is 0 Å². The van der Waals surface area contributed by atoms with E-state index in [2.05, 4.69) is 11.9 Å². The molecule has 2 aromatic carbocycles. The lowest BCUT2D eigenvalue weighted by Crippen LogP contribution is -2.08. The molecule has 0 radical (unpaired) electrons. The molecule has 0 aliphatic rings. The van der Waals surface area contributed by atoms with Gasteiger partial charge in [0.1, 0.15) is 11.4 Å². The second-order valence-electron chi connectivity index (χ2n) is 6.09. The highest BCUT2D eigenvalue weighted by Gasteiger charge is 2.22. The summed E-state index contributed by atoms with van der Waals surface area (Å²) < 4.78 is 16.8. The van der Waals surface area contributed by atoms with E-state index in [1.807, 2.05) is 24.3 Å². The van der Waals surface area contributed by atoms with Gasteiger partial charge >= 0.3 is 0 Å². The van der Waals surface area contributed by atoms with E-state index in [0.717, 1.165) is 18.2 Å². The Balaban J connectivity index is 2.19. The van der Waals surface area contributed by atoms with Gasteiger partial charge in [0.05, 0.1) is 31.8 Å². The summed E-state index contributed by atoms with van der Waals surface area (Å²) in [6, 6.07) is 12.7. The number of nitrogens with zero attached hydrogens (tertiary/aromatic N) is 1. The zero-order chi connectivity index (χ0) is 19.2. The number of ketones is 1. The van der Waals surface area contributed by atoms with E-state index in [1.54, 1.807) is 38.6 Å². The Kier molecular flexibility index (Phi) is 5.91. The van der Waals surface area contributed by atoms with Crippen LogP contribution in [0.3, 0.4) is 0 Å². The van der Waals surface area contributed by atoms with Gasteiger partial charge in [0.25, 0.3) is 0 Å². The lowest BCUT2D eigenvalue weighted by atomic mass is 10.0. The summed E-state index contributed by atoms with van der Waals surface area (Å²) in [5, 5.41) is 1.53. The van der Waals surface area contributed by atoms with Crippen molar-refractivity contribution in [2.24, 2.45) is 0 Å². The highest BCUT2D eigenvalue weighted by atomic mass is 16.5. The van der Waals surface area contributed by atoms with Gasteiger partial charge in [-0.15, -0.1) is 0 Å². The highest BCUT2D eigenvalue weighted by Crippen LogP contribution is 2.38. The second-order valence-corrected chi connectivity index (χ2v) is 6.09. The van der Waals surface area contributed by atoms with Crippen molar-refractivity contribution >= 4 is 16.6 Å². The van der Waals surface area contributed by atoms with Crippen LogP contribution in [0.25, 0.3) is 10.8 Å². The Labute approximate surface area is 158 Å². The normalized spacial score (nSPS) is 10.6. The first kappa shape index (κ1) is 18.7. The van der Waals surface area contributed by atoms with Gasteiger partial charge in [0.15, 0.2) is 11.5 Å². The van der Waals surface area contributed by atoms with E-state index in [-0.39, 0.29) is 5.78 Å². The van der Waals surface area contributed by atoms with Gasteiger partial charge < -0.3 is 14.2 Å². The van der Waals surface area contributed by atoms with Gasteiger partial charge in [-0.1, -0.05) is 31.5 Å². The molecule has 0 N–H and O–H groups in total. The molecule has 0 bridgehead atoms. The Morgan fingerprint density at radius 1 is 1.00 bits per heavy atom. The molecule has 0 aliphatic carbocycles. The first-order chi connectivity index (χ1) is 13.2. The molecule has 0 amide bonds. The molecule has 0 fully saturated rings. The molecule has 0 saturated carbocycles. The fourth-order valence-electron chi connectivity index (χ4n) is 2.97. The molecule has 0 saturated heterocycles. The van der Waals surface area contributed by atoms with Gasteiger partial charge in [-0.3, -0.25) is 9.78 Å². The first-order valence-electron chi connectivity index (χ1n) is 8.97. The molecule has 3 rings (SSSR count). The molecular weight excluding hydrogens is 342 g/mol. The average Bonchev–Trinajstić information content (AvgIpc) is 2.72. The lowest BCUT2D eigenvalue weighted by molar-refractivity contribution is 0.103. The smallest absolute Gasteiger partial charge is 0.215 e. The van der Waals surface area contributed by atoms with Crippen molar-refractivity contribution in [3.8, 4) is 17.2 Å². The topological polar surface area (TPSA) is 57.7 Å². The van der Waals surface area contributed by atoms with Crippen molar-refractivity contribution in [2.45, 2.75) is 19.8 Å². The SMILES string of the molecule is CCCCOc1c(OC)ccc2ccnc(C(=O)c3ccccc3OC)c12. The number of carbonyl (C=O) groups excluding carboxylic acids is 1. The van der Waals surface area contributed by atoms with Crippen molar-refractivity contribution in [2.75, 3.05) is 20.8 Å². The van der Waals surface area contributed by atoms with E-state index >= 15 is 0 Å². The Morgan fingerprint density at radius 2 is 1.78 bits per heavy atom. The van der Waals surface area contributed by atoms with Crippen molar-refractivity contribution in [1.82, 2.24) is 4.98 Å². The number of pyridine rings is 1. The molecule has 3 aromatic rings. The number of rotatable bonds is 8. The van der Waals surface area contributed by atoms with Crippen LogP contribution in [-0.2, 0) is 0 Å². The zero-order valence-electron chi connectivity index (χ0n) is 15.8. The largest absolute Gasteiger partial charge is 0.496 e. The molecule has 0 spiro atoms.